The van der Waals surface area contributed by atoms with Crippen molar-refractivity contribution in [2.45, 2.75) is 32.2 Å². The number of fused-ring (bicyclic) bond motifs is 1. The Labute approximate surface area is 145 Å². The van der Waals surface area contributed by atoms with E-state index >= 15 is 0 Å². The van der Waals surface area contributed by atoms with Crippen molar-refractivity contribution in [3.8, 4) is 0 Å². The fourth-order valence-electron chi connectivity index (χ4n) is 2.84. The summed E-state index contributed by atoms with van der Waals surface area (Å²) in [5.74, 6) is -0.444. The van der Waals surface area contributed by atoms with E-state index in [2.05, 4.69) is 15.6 Å². The molecule has 3 rings (SSSR count). The van der Waals surface area contributed by atoms with E-state index in [0.29, 0.717) is 12.1 Å². The first-order valence-corrected chi connectivity index (χ1v) is 8.16. The Bertz CT molecular complexity index is 842. The van der Waals surface area contributed by atoms with Crippen molar-refractivity contribution < 1.29 is 14.4 Å². The molecular weight excluding hydrogens is 320 g/mol. The molecule has 0 unspecified atom stereocenters. The summed E-state index contributed by atoms with van der Waals surface area (Å²) in [4.78, 5) is 41.5. The molecule has 2 N–H and O–H groups in total. The third kappa shape index (κ3) is 3.45. The zero-order valence-electron chi connectivity index (χ0n) is 14.2. The summed E-state index contributed by atoms with van der Waals surface area (Å²) in [6.07, 6.45) is 2.29. The summed E-state index contributed by atoms with van der Waals surface area (Å²) >= 11 is 0. The van der Waals surface area contributed by atoms with Gasteiger partial charge in [0.25, 0.3) is 5.91 Å². The van der Waals surface area contributed by atoms with Crippen LogP contribution in [-0.4, -0.2) is 39.8 Å². The molecule has 0 atom stereocenters. The molecular formula is C18H20N4O3. The van der Waals surface area contributed by atoms with Gasteiger partial charge in [-0.15, -0.1) is 0 Å². The molecule has 130 valence electrons. The highest BCUT2D eigenvalue weighted by molar-refractivity contribution is 6.06. The molecule has 7 nitrogen and oxygen atoms in total. The number of anilines is 1. The molecule has 7 heteroatoms. The lowest BCUT2D eigenvalue weighted by atomic mass is 10.1. The molecule has 0 saturated carbocycles. The summed E-state index contributed by atoms with van der Waals surface area (Å²) in [6, 6.07) is 8.94. The quantitative estimate of drug-likeness (QED) is 0.817. The number of pyridine rings is 1. The van der Waals surface area contributed by atoms with Crippen LogP contribution in [0.4, 0.5) is 10.5 Å². The Morgan fingerprint density at radius 1 is 1.24 bits per heavy atom. The minimum absolute atomic E-state index is 0.176. The molecule has 1 aliphatic rings. The normalized spacial score (nSPS) is 16.2. The van der Waals surface area contributed by atoms with Gasteiger partial charge in [-0.1, -0.05) is 18.2 Å². The standard InChI is InChI=1S/C18H20N4O3/c1-18(2)16(24)22(17(25)21-18)11-5-9-14(23)20-13-8-3-6-12-7-4-10-19-15(12)13/h3-4,6-8,10H,5,9,11H2,1-2H3,(H,20,23)(H,21,25). The molecule has 1 aromatic heterocycles. The lowest BCUT2D eigenvalue weighted by molar-refractivity contribution is -0.130. The number of nitrogens with zero attached hydrogens (tertiary/aromatic N) is 2. The third-order valence-electron chi connectivity index (χ3n) is 4.14. The van der Waals surface area contributed by atoms with Gasteiger partial charge in [0.05, 0.1) is 11.2 Å². The highest BCUT2D eigenvalue weighted by atomic mass is 16.2. The molecule has 0 radical (unpaired) electrons. The van der Waals surface area contributed by atoms with Crippen LogP contribution in [0.1, 0.15) is 26.7 Å². The maximum Gasteiger partial charge on any atom is 0.325 e. The van der Waals surface area contributed by atoms with E-state index < -0.39 is 11.6 Å². The second kappa shape index (κ2) is 6.51. The van der Waals surface area contributed by atoms with Crippen molar-refractivity contribution in [3.63, 3.8) is 0 Å². The smallest absolute Gasteiger partial charge is 0.324 e. The SMILES string of the molecule is CC1(C)NC(=O)N(CCCC(=O)Nc2cccc3cccnc23)C1=O. The molecule has 2 heterocycles. The van der Waals surface area contributed by atoms with Gasteiger partial charge in [-0.05, 0) is 32.4 Å². The number of nitrogens with one attached hydrogen (secondary N) is 2. The van der Waals surface area contributed by atoms with Crippen LogP contribution in [0.3, 0.4) is 0 Å². The van der Waals surface area contributed by atoms with Gasteiger partial charge in [0.2, 0.25) is 5.91 Å². The van der Waals surface area contributed by atoms with Gasteiger partial charge in [0.15, 0.2) is 0 Å². The van der Waals surface area contributed by atoms with Gasteiger partial charge < -0.3 is 10.6 Å². The molecule has 2 aromatic rings. The molecule has 0 bridgehead atoms. The predicted molar refractivity (Wildman–Crippen MR) is 93.9 cm³/mol. The van der Waals surface area contributed by atoms with Gasteiger partial charge in [0.1, 0.15) is 5.54 Å². The van der Waals surface area contributed by atoms with Gasteiger partial charge in [-0.25, -0.2) is 4.79 Å². The van der Waals surface area contributed by atoms with Crippen LogP contribution in [0.2, 0.25) is 0 Å². The van der Waals surface area contributed by atoms with Gasteiger partial charge in [0, 0.05) is 24.5 Å². The Hall–Kier alpha value is -2.96. The lowest BCUT2D eigenvalue weighted by Gasteiger charge is -2.15. The zero-order chi connectivity index (χ0) is 18.0. The number of para-hydroxylation sites is 1. The van der Waals surface area contributed by atoms with Crippen LogP contribution < -0.4 is 10.6 Å². The van der Waals surface area contributed by atoms with E-state index in [0.717, 1.165) is 15.8 Å². The largest absolute Gasteiger partial charge is 0.325 e. The number of carbonyl (C=O) groups is 3. The number of urea groups is 1. The summed E-state index contributed by atoms with van der Waals surface area (Å²) < 4.78 is 0. The summed E-state index contributed by atoms with van der Waals surface area (Å²) in [7, 11) is 0. The topological polar surface area (TPSA) is 91.4 Å². The maximum atomic E-state index is 12.2. The lowest BCUT2D eigenvalue weighted by Crippen LogP contribution is -2.40. The van der Waals surface area contributed by atoms with Crippen molar-refractivity contribution >= 4 is 34.4 Å². The number of imide groups is 1. The predicted octanol–water partition coefficient (Wildman–Crippen LogP) is 2.28. The molecule has 25 heavy (non-hydrogen) atoms. The van der Waals surface area contributed by atoms with Crippen LogP contribution in [0.25, 0.3) is 10.9 Å². The van der Waals surface area contributed by atoms with Crippen LogP contribution in [0, 0.1) is 0 Å². The van der Waals surface area contributed by atoms with Crippen molar-refractivity contribution in [2.75, 3.05) is 11.9 Å². The Morgan fingerprint density at radius 3 is 2.72 bits per heavy atom. The molecule has 1 aliphatic heterocycles. The van der Waals surface area contributed by atoms with Crippen LogP contribution >= 0.6 is 0 Å². The first kappa shape index (κ1) is 16.9. The van der Waals surface area contributed by atoms with Gasteiger partial charge in [-0.2, -0.15) is 0 Å². The van der Waals surface area contributed by atoms with Crippen molar-refractivity contribution in [2.24, 2.45) is 0 Å². The van der Waals surface area contributed by atoms with Crippen molar-refractivity contribution in [1.82, 2.24) is 15.2 Å². The third-order valence-corrected chi connectivity index (χ3v) is 4.14. The average molecular weight is 340 g/mol. The van der Waals surface area contributed by atoms with Crippen LogP contribution in [-0.2, 0) is 9.59 Å². The number of aromatic nitrogens is 1. The van der Waals surface area contributed by atoms with E-state index in [1.54, 1.807) is 26.1 Å². The number of rotatable bonds is 5. The molecule has 1 fully saturated rings. The fraction of sp³-hybridized carbons (Fsp3) is 0.333. The number of carbonyl (C=O) groups excluding carboxylic acids is 3. The summed E-state index contributed by atoms with van der Waals surface area (Å²) in [5.41, 5.74) is 0.502. The van der Waals surface area contributed by atoms with Crippen LogP contribution in [0.5, 0.6) is 0 Å². The number of hydrogen-bond donors (Lipinski definition) is 2. The van der Waals surface area contributed by atoms with Crippen molar-refractivity contribution in [3.05, 3.63) is 36.5 Å². The summed E-state index contributed by atoms with van der Waals surface area (Å²) in [5, 5.41) is 6.41. The second-order valence-electron chi connectivity index (χ2n) is 6.54. The number of amides is 4. The van der Waals surface area contributed by atoms with Gasteiger partial charge >= 0.3 is 6.03 Å². The summed E-state index contributed by atoms with van der Waals surface area (Å²) in [6.45, 7) is 3.54. The average Bonchev–Trinajstić information content (AvgIpc) is 2.77. The Kier molecular flexibility index (Phi) is 4.39. The zero-order valence-corrected chi connectivity index (χ0v) is 14.2. The maximum absolute atomic E-state index is 12.2. The highest BCUT2D eigenvalue weighted by Crippen LogP contribution is 2.21. The van der Waals surface area contributed by atoms with Crippen molar-refractivity contribution in [1.29, 1.82) is 0 Å². The minimum Gasteiger partial charge on any atom is -0.324 e. The molecule has 1 aromatic carbocycles. The van der Waals surface area contributed by atoms with E-state index in [4.69, 9.17) is 0 Å². The molecule has 0 aliphatic carbocycles. The monoisotopic (exact) mass is 340 g/mol. The number of hydrogen-bond acceptors (Lipinski definition) is 4. The van der Waals surface area contributed by atoms with E-state index in [1.807, 2.05) is 24.3 Å². The molecule has 4 amide bonds. The fourth-order valence-corrected chi connectivity index (χ4v) is 2.84. The van der Waals surface area contributed by atoms with E-state index in [1.165, 1.54) is 0 Å². The second-order valence-corrected chi connectivity index (χ2v) is 6.54. The first-order chi connectivity index (χ1) is 11.9. The first-order valence-electron chi connectivity index (χ1n) is 8.16. The molecule has 1 saturated heterocycles. The Morgan fingerprint density at radius 2 is 2.00 bits per heavy atom. The van der Waals surface area contributed by atoms with E-state index in [9.17, 15) is 14.4 Å². The van der Waals surface area contributed by atoms with E-state index in [-0.39, 0.29) is 24.8 Å². The van der Waals surface area contributed by atoms with Gasteiger partial charge in [-0.3, -0.25) is 19.5 Å². The van der Waals surface area contributed by atoms with Crippen LogP contribution in [0.15, 0.2) is 36.5 Å². The Balaban J connectivity index is 1.57. The number of benzene rings is 1. The minimum atomic E-state index is -0.881. The molecule has 0 spiro atoms. The highest BCUT2D eigenvalue weighted by Gasteiger charge is 2.43.